The summed E-state index contributed by atoms with van der Waals surface area (Å²) in [7, 11) is 0. The van der Waals surface area contributed by atoms with Crippen LogP contribution in [-0.4, -0.2) is 62.1 Å². The topological polar surface area (TPSA) is 60.0 Å². The van der Waals surface area contributed by atoms with Gasteiger partial charge in [-0.15, -0.1) is 0 Å². The molecule has 3 rings (SSSR count). The fourth-order valence-corrected chi connectivity index (χ4v) is 4.22. The highest BCUT2D eigenvalue weighted by molar-refractivity contribution is 5.81. The van der Waals surface area contributed by atoms with Gasteiger partial charge < -0.3 is 20.4 Å². The number of nitrogens with zero attached hydrogens (tertiary/aromatic N) is 3. The van der Waals surface area contributed by atoms with Crippen LogP contribution >= 0.6 is 0 Å². The lowest BCUT2D eigenvalue weighted by Gasteiger charge is -2.30. The molecule has 0 spiro atoms. The van der Waals surface area contributed by atoms with E-state index in [1.807, 2.05) is 11.8 Å². The van der Waals surface area contributed by atoms with Crippen molar-refractivity contribution < 1.29 is 13.6 Å². The lowest BCUT2D eigenvalue weighted by Crippen LogP contribution is -2.45. The first kappa shape index (κ1) is 22.3. The molecule has 2 atom stereocenters. The molecular weight excluding hydrogens is 388 g/mol. The number of amides is 1. The van der Waals surface area contributed by atoms with Crippen LogP contribution in [0.1, 0.15) is 39.5 Å². The number of likely N-dealkylation sites (tertiary alicyclic amines) is 1. The lowest BCUT2D eigenvalue weighted by molar-refractivity contribution is -0.132. The Hall–Kier alpha value is -2.38. The SMILES string of the molecule is CCNC(=NCCC(=O)N1CCCC(C)C1)NC1CCN(c2c(F)cccc2F)C1. The Morgan fingerprint density at radius 3 is 2.67 bits per heavy atom. The molecule has 2 aliphatic rings. The summed E-state index contributed by atoms with van der Waals surface area (Å²) < 4.78 is 28.1. The van der Waals surface area contributed by atoms with Gasteiger partial charge in [-0.05, 0) is 44.2 Å². The molecule has 8 heteroatoms. The maximum absolute atomic E-state index is 14.1. The Morgan fingerprint density at radius 2 is 1.97 bits per heavy atom. The van der Waals surface area contributed by atoms with Crippen molar-refractivity contribution in [2.24, 2.45) is 10.9 Å². The molecule has 1 aromatic rings. The summed E-state index contributed by atoms with van der Waals surface area (Å²) in [6.45, 7) is 8.02. The van der Waals surface area contributed by atoms with Crippen LogP contribution in [0.25, 0.3) is 0 Å². The average Bonchev–Trinajstić information content (AvgIpc) is 3.16. The van der Waals surface area contributed by atoms with E-state index in [1.165, 1.54) is 24.6 Å². The molecule has 2 heterocycles. The fraction of sp³-hybridized carbons (Fsp3) is 0.636. The Bertz CT molecular complexity index is 737. The largest absolute Gasteiger partial charge is 0.365 e. The van der Waals surface area contributed by atoms with Gasteiger partial charge in [0.05, 0.1) is 6.54 Å². The number of aliphatic imine (C=N–C) groups is 1. The summed E-state index contributed by atoms with van der Waals surface area (Å²) in [5.74, 6) is 0.278. The van der Waals surface area contributed by atoms with Crippen molar-refractivity contribution in [2.75, 3.05) is 44.2 Å². The lowest BCUT2D eigenvalue weighted by atomic mass is 10.00. The van der Waals surface area contributed by atoms with E-state index in [0.29, 0.717) is 44.5 Å². The van der Waals surface area contributed by atoms with Crippen LogP contribution in [0.5, 0.6) is 0 Å². The summed E-state index contributed by atoms with van der Waals surface area (Å²) >= 11 is 0. The highest BCUT2D eigenvalue weighted by Crippen LogP contribution is 2.26. The van der Waals surface area contributed by atoms with Gasteiger partial charge in [0.25, 0.3) is 0 Å². The minimum Gasteiger partial charge on any atom is -0.365 e. The number of benzene rings is 1. The van der Waals surface area contributed by atoms with E-state index in [0.717, 1.165) is 25.9 Å². The van der Waals surface area contributed by atoms with Crippen LogP contribution in [0.15, 0.2) is 23.2 Å². The van der Waals surface area contributed by atoms with E-state index in [4.69, 9.17) is 0 Å². The van der Waals surface area contributed by atoms with Gasteiger partial charge in [0.2, 0.25) is 5.91 Å². The van der Waals surface area contributed by atoms with E-state index in [9.17, 15) is 13.6 Å². The summed E-state index contributed by atoms with van der Waals surface area (Å²) in [6.07, 6.45) is 3.40. The van der Waals surface area contributed by atoms with Crippen molar-refractivity contribution in [3.8, 4) is 0 Å². The maximum atomic E-state index is 14.1. The molecule has 0 bridgehead atoms. The van der Waals surface area contributed by atoms with E-state index in [2.05, 4.69) is 22.5 Å². The number of halogens is 2. The van der Waals surface area contributed by atoms with Crippen molar-refractivity contribution in [2.45, 2.75) is 45.6 Å². The third-order valence-electron chi connectivity index (χ3n) is 5.73. The summed E-state index contributed by atoms with van der Waals surface area (Å²) in [5.41, 5.74) is 0.0325. The number of anilines is 1. The van der Waals surface area contributed by atoms with E-state index >= 15 is 0 Å². The molecule has 1 amide bonds. The van der Waals surface area contributed by atoms with Crippen LogP contribution in [0.3, 0.4) is 0 Å². The molecule has 2 aliphatic heterocycles. The summed E-state index contributed by atoms with van der Waals surface area (Å²) in [4.78, 5) is 20.6. The van der Waals surface area contributed by atoms with Crippen molar-refractivity contribution in [3.05, 3.63) is 29.8 Å². The number of piperidine rings is 1. The Balaban J connectivity index is 1.52. The van der Waals surface area contributed by atoms with Crippen LogP contribution in [0, 0.1) is 17.6 Å². The van der Waals surface area contributed by atoms with E-state index in [-0.39, 0.29) is 17.6 Å². The Labute approximate surface area is 177 Å². The van der Waals surface area contributed by atoms with Gasteiger partial charge in [0.15, 0.2) is 5.96 Å². The number of hydrogen-bond donors (Lipinski definition) is 2. The van der Waals surface area contributed by atoms with E-state index in [1.54, 1.807) is 4.90 Å². The molecule has 2 unspecified atom stereocenters. The number of guanidine groups is 1. The normalized spacial score (nSPS) is 22.3. The molecular formula is C22H33F2N5O. The molecule has 1 aromatic carbocycles. The molecule has 2 N–H and O–H groups in total. The maximum Gasteiger partial charge on any atom is 0.224 e. The van der Waals surface area contributed by atoms with Crippen molar-refractivity contribution in [1.82, 2.24) is 15.5 Å². The molecule has 6 nitrogen and oxygen atoms in total. The van der Waals surface area contributed by atoms with Gasteiger partial charge in [-0.25, -0.2) is 8.78 Å². The number of hydrogen-bond acceptors (Lipinski definition) is 3. The molecule has 166 valence electrons. The number of rotatable bonds is 6. The second-order valence-corrected chi connectivity index (χ2v) is 8.24. The Kier molecular flexibility index (Phi) is 7.87. The van der Waals surface area contributed by atoms with Crippen molar-refractivity contribution in [1.29, 1.82) is 0 Å². The van der Waals surface area contributed by atoms with Crippen LogP contribution in [0.2, 0.25) is 0 Å². The van der Waals surface area contributed by atoms with Gasteiger partial charge in [0, 0.05) is 45.2 Å². The van der Waals surface area contributed by atoms with Crippen LogP contribution in [0.4, 0.5) is 14.5 Å². The quantitative estimate of drug-likeness (QED) is 0.548. The number of carbonyl (C=O) groups is 1. The molecule has 2 fully saturated rings. The minimum atomic E-state index is -0.540. The number of nitrogens with one attached hydrogen (secondary N) is 2. The molecule has 0 aromatic heterocycles. The predicted octanol–water partition coefficient (Wildman–Crippen LogP) is 2.75. The second-order valence-electron chi connectivity index (χ2n) is 8.24. The molecule has 2 saturated heterocycles. The summed E-state index contributed by atoms with van der Waals surface area (Å²) in [5, 5.41) is 6.54. The van der Waals surface area contributed by atoms with Crippen LogP contribution < -0.4 is 15.5 Å². The van der Waals surface area contributed by atoms with Gasteiger partial charge in [-0.3, -0.25) is 9.79 Å². The summed E-state index contributed by atoms with van der Waals surface area (Å²) in [6, 6.07) is 3.97. The number of carbonyl (C=O) groups excluding carboxylic acids is 1. The Morgan fingerprint density at radius 1 is 1.20 bits per heavy atom. The monoisotopic (exact) mass is 421 g/mol. The van der Waals surface area contributed by atoms with Crippen LogP contribution in [-0.2, 0) is 4.79 Å². The zero-order valence-electron chi connectivity index (χ0n) is 18.0. The van der Waals surface area contributed by atoms with Gasteiger partial charge >= 0.3 is 0 Å². The highest BCUT2D eigenvalue weighted by Gasteiger charge is 2.27. The minimum absolute atomic E-state index is 0.0282. The third-order valence-corrected chi connectivity index (χ3v) is 5.73. The van der Waals surface area contributed by atoms with Crippen molar-refractivity contribution in [3.63, 3.8) is 0 Å². The van der Waals surface area contributed by atoms with Gasteiger partial charge in [-0.1, -0.05) is 13.0 Å². The second kappa shape index (κ2) is 10.6. The zero-order chi connectivity index (χ0) is 21.5. The fourth-order valence-electron chi connectivity index (χ4n) is 4.22. The zero-order valence-corrected chi connectivity index (χ0v) is 18.0. The first-order valence-electron chi connectivity index (χ1n) is 11.0. The predicted molar refractivity (Wildman–Crippen MR) is 116 cm³/mol. The first-order chi connectivity index (χ1) is 14.5. The smallest absolute Gasteiger partial charge is 0.224 e. The van der Waals surface area contributed by atoms with Crippen molar-refractivity contribution >= 4 is 17.6 Å². The molecule has 30 heavy (non-hydrogen) atoms. The molecule has 0 aliphatic carbocycles. The average molecular weight is 422 g/mol. The number of para-hydroxylation sites is 1. The first-order valence-corrected chi connectivity index (χ1v) is 11.0. The molecule has 0 saturated carbocycles. The standard InChI is InChI=1S/C22H33F2N5O/c1-3-25-22(26-11-9-20(30)28-12-5-6-16(2)14-28)27-17-10-13-29(15-17)21-18(23)7-4-8-19(21)24/h4,7-8,16-17H,3,5-6,9-15H2,1-2H3,(H2,25,26,27). The van der Waals surface area contributed by atoms with Gasteiger partial charge in [0.1, 0.15) is 17.3 Å². The highest BCUT2D eigenvalue weighted by atomic mass is 19.1. The van der Waals surface area contributed by atoms with Gasteiger partial charge in [-0.2, -0.15) is 0 Å². The third kappa shape index (κ3) is 5.83. The van der Waals surface area contributed by atoms with E-state index < -0.39 is 11.6 Å². The molecule has 0 radical (unpaired) electrons.